The normalized spacial score (nSPS) is 19.4. The number of nitrogens with one attached hydrogen (secondary N) is 1. The molecule has 0 aromatic heterocycles. The number of halogens is 1. The van der Waals surface area contributed by atoms with Gasteiger partial charge in [0.05, 0.1) is 23.7 Å². The first-order chi connectivity index (χ1) is 11.6. The summed E-state index contributed by atoms with van der Waals surface area (Å²) in [6.45, 7) is 4.00. The molecule has 1 aliphatic rings. The van der Waals surface area contributed by atoms with Crippen molar-refractivity contribution in [1.29, 1.82) is 0 Å². The molecule has 1 aromatic rings. The van der Waals surface area contributed by atoms with E-state index in [4.69, 9.17) is 0 Å². The van der Waals surface area contributed by atoms with Crippen molar-refractivity contribution < 1.29 is 17.6 Å². The van der Waals surface area contributed by atoms with Crippen molar-refractivity contribution in [3.05, 3.63) is 24.0 Å². The summed E-state index contributed by atoms with van der Waals surface area (Å²) < 4.78 is 37.3. The lowest BCUT2D eigenvalue weighted by Gasteiger charge is -2.25. The summed E-state index contributed by atoms with van der Waals surface area (Å²) in [5.74, 6) is -0.443. The molecule has 1 heterocycles. The predicted molar refractivity (Wildman–Crippen MR) is 98.3 cm³/mol. The zero-order chi connectivity index (χ0) is 18.8. The second kappa shape index (κ2) is 7.70. The summed E-state index contributed by atoms with van der Waals surface area (Å²) >= 11 is 0. The molecule has 0 spiro atoms. The van der Waals surface area contributed by atoms with Gasteiger partial charge >= 0.3 is 0 Å². The van der Waals surface area contributed by atoms with Crippen molar-refractivity contribution in [3.8, 4) is 0 Å². The number of carbonyl (C=O) groups is 1. The number of carbonyl (C=O) groups excluding carboxylic acids is 1. The number of nitrogens with zero attached hydrogens (tertiary/aromatic N) is 2. The molecular weight excluding hydrogens is 345 g/mol. The zero-order valence-electron chi connectivity index (χ0n) is 15.1. The standard InChI is InChI=1S/C17H26FN3O3S/c1-12(2)21(4)16-6-5-13(9-15(16)18)19-17(22)10-20(3)14-7-8-25(23,24)11-14/h5-6,9,12,14H,7-8,10-11H2,1-4H3,(H,19,22). The molecule has 140 valence electrons. The highest BCUT2D eigenvalue weighted by Crippen LogP contribution is 2.23. The molecule has 1 aliphatic heterocycles. The number of amides is 1. The SMILES string of the molecule is CC(C)N(C)c1ccc(NC(=O)CN(C)C2CCS(=O)(=O)C2)cc1F. The maximum atomic E-state index is 14.2. The molecule has 1 aromatic carbocycles. The van der Waals surface area contributed by atoms with E-state index in [0.29, 0.717) is 17.8 Å². The Kier molecular flexibility index (Phi) is 6.05. The van der Waals surface area contributed by atoms with Gasteiger partial charge in [-0.1, -0.05) is 0 Å². The smallest absolute Gasteiger partial charge is 0.238 e. The zero-order valence-corrected chi connectivity index (χ0v) is 15.9. The Morgan fingerprint density at radius 2 is 2.04 bits per heavy atom. The third-order valence-electron chi connectivity index (χ3n) is 4.61. The summed E-state index contributed by atoms with van der Waals surface area (Å²) in [7, 11) is 0.552. The Balaban J connectivity index is 1.95. The van der Waals surface area contributed by atoms with Gasteiger partial charge in [-0.3, -0.25) is 9.69 Å². The summed E-state index contributed by atoms with van der Waals surface area (Å²) in [5, 5.41) is 2.66. The topological polar surface area (TPSA) is 69.7 Å². The van der Waals surface area contributed by atoms with E-state index < -0.39 is 15.7 Å². The fourth-order valence-corrected chi connectivity index (χ4v) is 4.63. The third kappa shape index (κ3) is 5.15. The van der Waals surface area contributed by atoms with Crippen molar-refractivity contribution >= 4 is 27.1 Å². The number of hydrogen-bond acceptors (Lipinski definition) is 5. The van der Waals surface area contributed by atoms with Crippen LogP contribution in [0.5, 0.6) is 0 Å². The fourth-order valence-electron chi connectivity index (χ4n) is 2.83. The fraction of sp³-hybridized carbons (Fsp3) is 0.588. The molecule has 0 bridgehead atoms. The minimum Gasteiger partial charge on any atom is -0.370 e. The Hall–Kier alpha value is -1.67. The molecule has 0 saturated carbocycles. The first kappa shape index (κ1) is 19.7. The molecule has 1 atom stereocenters. The molecule has 0 radical (unpaired) electrons. The van der Waals surface area contributed by atoms with E-state index in [1.807, 2.05) is 25.8 Å². The number of sulfone groups is 1. The van der Waals surface area contributed by atoms with Crippen LogP contribution >= 0.6 is 0 Å². The molecular formula is C17H26FN3O3S. The van der Waals surface area contributed by atoms with Crippen molar-refractivity contribution in [1.82, 2.24) is 4.90 Å². The van der Waals surface area contributed by atoms with Gasteiger partial charge < -0.3 is 10.2 Å². The van der Waals surface area contributed by atoms with Gasteiger partial charge in [0.15, 0.2) is 9.84 Å². The summed E-state index contributed by atoms with van der Waals surface area (Å²) in [6, 6.07) is 4.61. The Bertz CT molecular complexity index is 737. The highest BCUT2D eigenvalue weighted by atomic mass is 32.2. The second-order valence-corrected chi connectivity index (χ2v) is 9.12. The molecule has 6 nitrogen and oxygen atoms in total. The van der Waals surface area contributed by atoms with E-state index in [0.717, 1.165) is 0 Å². The minimum absolute atomic E-state index is 0.0649. The van der Waals surface area contributed by atoms with Gasteiger partial charge in [-0.05, 0) is 45.5 Å². The average molecular weight is 371 g/mol. The van der Waals surface area contributed by atoms with Crippen LogP contribution in [0.25, 0.3) is 0 Å². The van der Waals surface area contributed by atoms with Crippen LogP contribution in [0.15, 0.2) is 18.2 Å². The lowest BCUT2D eigenvalue weighted by Crippen LogP contribution is -2.38. The van der Waals surface area contributed by atoms with Crippen molar-refractivity contribution in [2.75, 3.05) is 42.4 Å². The van der Waals surface area contributed by atoms with Gasteiger partial charge in [-0.15, -0.1) is 0 Å². The number of rotatable bonds is 6. The van der Waals surface area contributed by atoms with E-state index in [1.54, 1.807) is 24.1 Å². The predicted octanol–water partition coefficient (Wildman–Crippen LogP) is 1.73. The molecule has 1 fully saturated rings. The third-order valence-corrected chi connectivity index (χ3v) is 6.36. The van der Waals surface area contributed by atoms with Gasteiger partial charge in [0.25, 0.3) is 0 Å². The van der Waals surface area contributed by atoms with E-state index in [2.05, 4.69) is 5.32 Å². The lowest BCUT2D eigenvalue weighted by molar-refractivity contribution is -0.117. The molecule has 1 unspecified atom stereocenters. The highest BCUT2D eigenvalue weighted by molar-refractivity contribution is 7.91. The number of hydrogen-bond donors (Lipinski definition) is 1. The van der Waals surface area contributed by atoms with E-state index >= 15 is 0 Å². The van der Waals surface area contributed by atoms with Crippen LogP contribution in [0.4, 0.5) is 15.8 Å². The van der Waals surface area contributed by atoms with Crippen molar-refractivity contribution in [2.24, 2.45) is 0 Å². The van der Waals surface area contributed by atoms with Crippen LogP contribution in [0.2, 0.25) is 0 Å². The maximum absolute atomic E-state index is 14.2. The van der Waals surface area contributed by atoms with Crippen molar-refractivity contribution in [3.63, 3.8) is 0 Å². The molecule has 1 saturated heterocycles. The first-order valence-electron chi connectivity index (χ1n) is 8.32. The minimum atomic E-state index is -2.99. The van der Waals surface area contributed by atoms with E-state index in [-0.39, 0.29) is 36.0 Å². The molecule has 1 N–H and O–H groups in total. The average Bonchev–Trinajstić information content (AvgIpc) is 2.86. The van der Waals surface area contributed by atoms with Crippen molar-refractivity contribution in [2.45, 2.75) is 32.4 Å². The van der Waals surface area contributed by atoms with Gasteiger partial charge in [-0.25, -0.2) is 12.8 Å². The van der Waals surface area contributed by atoms with Crippen LogP contribution in [0.1, 0.15) is 20.3 Å². The second-order valence-electron chi connectivity index (χ2n) is 6.89. The monoisotopic (exact) mass is 371 g/mol. The Morgan fingerprint density at radius 3 is 2.56 bits per heavy atom. The summed E-state index contributed by atoms with van der Waals surface area (Å²) in [5.41, 5.74) is 0.858. The maximum Gasteiger partial charge on any atom is 0.238 e. The largest absolute Gasteiger partial charge is 0.370 e. The van der Waals surface area contributed by atoms with Gasteiger partial charge in [-0.2, -0.15) is 0 Å². The quantitative estimate of drug-likeness (QED) is 0.825. The number of likely N-dealkylation sites (N-methyl/N-ethyl adjacent to an activating group) is 1. The van der Waals surface area contributed by atoms with Crippen LogP contribution in [0.3, 0.4) is 0 Å². The van der Waals surface area contributed by atoms with Crippen LogP contribution in [-0.2, 0) is 14.6 Å². The molecule has 25 heavy (non-hydrogen) atoms. The summed E-state index contributed by atoms with van der Waals surface area (Å²) in [4.78, 5) is 15.7. The van der Waals surface area contributed by atoms with Crippen LogP contribution in [-0.4, -0.2) is 63.5 Å². The van der Waals surface area contributed by atoms with Gasteiger partial charge in [0, 0.05) is 24.8 Å². The van der Waals surface area contributed by atoms with E-state index in [9.17, 15) is 17.6 Å². The molecule has 0 aliphatic carbocycles. The number of benzene rings is 1. The Morgan fingerprint density at radius 1 is 1.36 bits per heavy atom. The number of anilines is 2. The lowest BCUT2D eigenvalue weighted by atomic mass is 10.2. The van der Waals surface area contributed by atoms with Crippen LogP contribution in [0, 0.1) is 5.82 Å². The molecule has 1 amide bonds. The highest BCUT2D eigenvalue weighted by Gasteiger charge is 2.31. The summed E-state index contributed by atoms with van der Waals surface area (Å²) in [6.07, 6.45) is 0.539. The molecule has 2 rings (SSSR count). The van der Waals surface area contributed by atoms with Gasteiger partial charge in [0.2, 0.25) is 5.91 Å². The Labute approximate surface area is 148 Å². The first-order valence-corrected chi connectivity index (χ1v) is 10.1. The van der Waals surface area contributed by atoms with Gasteiger partial charge in [0.1, 0.15) is 5.82 Å². The van der Waals surface area contributed by atoms with Crippen LogP contribution < -0.4 is 10.2 Å². The van der Waals surface area contributed by atoms with E-state index in [1.165, 1.54) is 6.07 Å². The molecule has 8 heteroatoms.